The number of pyridine rings is 1. The lowest BCUT2D eigenvalue weighted by Crippen LogP contribution is -2.14. The van der Waals surface area contributed by atoms with Crippen molar-refractivity contribution in [3.05, 3.63) is 56.2 Å². The van der Waals surface area contributed by atoms with E-state index < -0.39 is 5.97 Å². The lowest BCUT2D eigenvalue weighted by atomic mass is 9.95. The van der Waals surface area contributed by atoms with Gasteiger partial charge in [0.05, 0.1) is 27.9 Å². The van der Waals surface area contributed by atoms with E-state index in [4.69, 9.17) is 15.2 Å². The molecule has 2 aromatic rings. The number of allylic oxidation sites excluding steroid dienone is 3. The standard InChI is InChI=1S/C23H19BrN4O3/c1-4-30-20(29)11-31-19-6-5-14(8-18(19)24)7-15-12(2)16(9-25)22-21(15)13(3)17(10-26)23(27)28-22/h5-8H,4,11H2,1-3H3,(H2,27,28)/b15-7-. The molecule has 0 unspecified atom stereocenters. The molecule has 0 aliphatic heterocycles. The first kappa shape index (κ1) is 22.1. The lowest BCUT2D eigenvalue weighted by Gasteiger charge is -2.12. The zero-order valence-corrected chi connectivity index (χ0v) is 18.8. The smallest absolute Gasteiger partial charge is 0.344 e. The fourth-order valence-corrected chi connectivity index (χ4v) is 3.94. The number of hydrogen-bond donors (Lipinski definition) is 1. The SMILES string of the molecule is CCOC(=O)COc1ccc(/C=C2/C(C)=C(C#N)c3nc(N)c(C#N)c(C)c32)cc1Br. The summed E-state index contributed by atoms with van der Waals surface area (Å²) in [5.41, 5.74) is 11.0. The molecule has 0 radical (unpaired) electrons. The van der Waals surface area contributed by atoms with E-state index in [1.807, 2.05) is 25.1 Å². The Morgan fingerprint density at radius 1 is 1.29 bits per heavy atom. The molecule has 1 heterocycles. The van der Waals surface area contributed by atoms with Gasteiger partial charge < -0.3 is 15.2 Å². The highest BCUT2D eigenvalue weighted by Gasteiger charge is 2.29. The highest BCUT2D eigenvalue weighted by molar-refractivity contribution is 9.10. The highest BCUT2D eigenvalue weighted by atomic mass is 79.9. The Kier molecular flexibility index (Phi) is 6.43. The van der Waals surface area contributed by atoms with Crippen LogP contribution in [-0.4, -0.2) is 24.2 Å². The molecular weight excluding hydrogens is 460 g/mol. The van der Waals surface area contributed by atoms with Crippen LogP contribution < -0.4 is 10.5 Å². The minimum absolute atomic E-state index is 0.117. The van der Waals surface area contributed by atoms with Gasteiger partial charge in [0.25, 0.3) is 0 Å². The Bertz CT molecular complexity index is 1230. The van der Waals surface area contributed by atoms with Gasteiger partial charge in [0.2, 0.25) is 0 Å². The van der Waals surface area contributed by atoms with Gasteiger partial charge in [-0.15, -0.1) is 0 Å². The number of nitrogens with zero attached hydrogens (tertiary/aromatic N) is 3. The second-order valence-corrected chi connectivity index (χ2v) is 7.64. The first-order valence-electron chi connectivity index (χ1n) is 9.44. The van der Waals surface area contributed by atoms with Gasteiger partial charge in [-0.3, -0.25) is 0 Å². The molecule has 0 amide bonds. The Hall–Kier alpha value is -3.62. The monoisotopic (exact) mass is 478 g/mol. The van der Waals surface area contributed by atoms with E-state index in [1.54, 1.807) is 19.9 Å². The molecular formula is C23H19BrN4O3. The molecule has 1 aliphatic carbocycles. The number of aromatic nitrogens is 1. The number of anilines is 1. The predicted octanol–water partition coefficient (Wildman–Crippen LogP) is 4.40. The van der Waals surface area contributed by atoms with Crippen LogP contribution in [0.25, 0.3) is 17.2 Å². The van der Waals surface area contributed by atoms with Crippen molar-refractivity contribution in [2.45, 2.75) is 20.8 Å². The van der Waals surface area contributed by atoms with E-state index in [0.717, 1.165) is 22.3 Å². The molecule has 0 spiro atoms. The number of carbonyl (C=O) groups excluding carboxylic acids is 1. The molecule has 1 aromatic carbocycles. The second-order valence-electron chi connectivity index (χ2n) is 6.79. The summed E-state index contributed by atoms with van der Waals surface area (Å²) in [4.78, 5) is 15.8. The van der Waals surface area contributed by atoms with Crippen LogP contribution in [0.15, 0.2) is 28.2 Å². The summed E-state index contributed by atoms with van der Waals surface area (Å²) in [6.45, 7) is 5.49. The van der Waals surface area contributed by atoms with Gasteiger partial charge in [0, 0.05) is 5.56 Å². The van der Waals surface area contributed by atoms with E-state index >= 15 is 0 Å². The number of nitrogen functional groups attached to an aromatic ring is 1. The van der Waals surface area contributed by atoms with Gasteiger partial charge in [-0.1, -0.05) is 6.07 Å². The molecule has 8 heteroatoms. The second kappa shape index (κ2) is 9.03. The number of rotatable bonds is 5. The summed E-state index contributed by atoms with van der Waals surface area (Å²) in [7, 11) is 0. The Labute approximate surface area is 188 Å². The quantitative estimate of drug-likeness (QED) is 0.631. The first-order valence-corrected chi connectivity index (χ1v) is 10.2. The van der Waals surface area contributed by atoms with Gasteiger partial charge in [0.15, 0.2) is 6.61 Å². The van der Waals surface area contributed by atoms with E-state index in [-0.39, 0.29) is 12.4 Å². The molecule has 31 heavy (non-hydrogen) atoms. The van der Waals surface area contributed by atoms with Crippen LogP contribution in [0.2, 0.25) is 0 Å². The van der Waals surface area contributed by atoms with Crippen LogP contribution in [0.5, 0.6) is 5.75 Å². The Morgan fingerprint density at radius 3 is 2.65 bits per heavy atom. The number of nitrogens with two attached hydrogens (primary N) is 1. The number of esters is 1. The van der Waals surface area contributed by atoms with Gasteiger partial charge in [-0.25, -0.2) is 9.78 Å². The van der Waals surface area contributed by atoms with Crippen molar-refractivity contribution in [1.29, 1.82) is 10.5 Å². The van der Waals surface area contributed by atoms with Gasteiger partial charge in [-0.2, -0.15) is 10.5 Å². The van der Waals surface area contributed by atoms with E-state index in [0.29, 0.717) is 39.2 Å². The minimum atomic E-state index is -0.441. The minimum Gasteiger partial charge on any atom is -0.481 e. The molecule has 156 valence electrons. The first-order chi connectivity index (χ1) is 14.8. The van der Waals surface area contributed by atoms with Crippen LogP contribution in [0, 0.1) is 29.6 Å². The molecule has 0 atom stereocenters. The number of benzene rings is 1. The molecule has 1 aliphatic rings. The van der Waals surface area contributed by atoms with Gasteiger partial charge >= 0.3 is 5.97 Å². The molecule has 3 rings (SSSR count). The molecule has 0 fully saturated rings. The Balaban J connectivity index is 2.03. The van der Waals surface area contributed by atoms with Crippen molar-refractivity contribution in [3.63, 3.8) is 0 Å². The summed E-state index contributed by atoms with van der Waals surface area (Å²) in [6, 6.07) is 9.71. The number of ether oxygens (including phenoxy) is 2. The zero-order chi connectivity index (χ0) is 22.7. The molecule has 0 saturated heterocycles. The van der Waals surface area contributed by atoms with Crippen LogP contribution in [0.3, 0.4) is 0 Å². The maximum absolute atomic E-state index is 11.5. The normalized spacial score (nSPS) is 13.5. The van der Waals surface area contributed by atoms with Gasteiger partial charge in [0.1, 0.15) is 23.7 Å². The third-order valence-electron chi connectivity index (χ3n) is 4.90. The number of carbonyl (C=O) groups is 1. The molecule has 0 bridgehead atoms. The predicted molar refractivity (Wildman–Crippen MR) is 120 cm³/mol. The number of halogens is 1. The van der Waals surface area contributed by atoms with E-state index in [9.17, 15) is 15.3 Å². The summed E-state index contributed by atoms with van der Waals surface area (Å²) < 4.78 is 11.0. The van der Waals surface area contributed by atoms with Gasteiger partial charge in [-0.05, 0) is 77.2 Å². The van der Waals surface area contributed by atoms with Crippen molar-refractivity contribution in [3.8, 4) is 17.9 Å². The Morgan fingerprint density at radius 2 is 2.03 bits per heavy atom. The molecule has 2 N–H and O–H groups in total. The third kappa shape index (κ3) is 4.16. The van der Waals surface area contributed by atoms with Crippen LogP contribution >= 0.6 is 15.9 Å². The number of fused-ring (bicyclic) bond motifs is 1. The van der Waals surface area contributed by atoms with Crippen LogP contribution in [0.1, 0.15) is 41.8 Å². The average molecular weight is 479 g/mol. The maximum Gasteiger partial charge on any atom is 0.344 e. The summed E-state index contributed by atoms with van der Waals surface area (Å²) in [6.07, 6.45) is 1.92. The zero-order valence-electron chi connectivity index (χ0n) is 17.2. The topological polar surface area (TPSA) is 122 Å². The van der Waals surface area contributed by atoms with Crippen molar-refractivity contribution in [2.24, 2.45) is 0 Å². The highest BCUT2D eigenvalue weighted by Crippen LogP contribution is 2.44. The van der Waals surface area contributed by atoms with Crippen LogP contribution in [0.4, 0.5) is 5.82 Å². The van der Waals surface area contributed by atoms with E-state index in [2.05, 4.69) is 33.1 Å². The van der Waals surface area contributed by atoms with Crippen molar-refractivity contribution >= 4 is 44.9 Å². The summed E-state index contributed by atoms with van der Waals surface area (Å²) in [5.74, 6) is 0.180. The number of nitriles is 2. The summed E-state index contributed by atoms with van der Waals surface area (Å²) in [5, 5.41) is 19.1. The fourth-order valence-electron chi connectivity index (χ4n) is 3.43. The molecule has 1 aromatic heterocycles. The summed E-state index contributed by atoms with van der Waals surface area (Å²) >= 11 is 3.46. The van der Waals surface area contributed by atoms with E-state index in [1.165, 1.54) is 0 Å². The van der Waals surface area contributed by atoms with Crippen molar-refractivity contribution in [1.82, 2.24) is 4.98 Å². The third-order valence-corrected chi connectivity index (χ3v) is 5.52. The molecule has 7 nitrogen and oxygen atoms in total. The largest absolute Gasteiger partial charge is 0.481 e. The average Bonchev–Trinajstić information content (AvgIpc) is 2.98. The maximum atomic E-state index is 11.5. The van der Waals surface area contributed by atoms with Crippen LogP contribution in [-0.2, 0) is 9.53 Å². The molecule has 0 saturated carbocycles. The van der Waals surface area contributed by atoms with Crippen molar-refractivity contribution in [2.75, 3.05) is 18.9 Å². The fraction of sp³-hybridized carbons (Fsp3) is 0.217. The van der Waals surface area contributed by atoms with Crippen molar-refractivity contribution < 1.29 is 14.3 Å². The number of hydrogen-bond acceptors (Lipinski definition) is 7. The lowest BCUT2D eigenvalue weighted by molar-refractivity contribution is -0.145.